The number of hydrogen-bond acceptors (Lipinski definition) is 4. The summed E-state index contributed by atoms with van der Waals surface area (Å²) in [7, 11) is 0. The maximum absolute atomic E-state index is 12.1. The molecular weight excluding hydrogens is 292 g/mol. The summed E-state index contributed by atoms with van der Waals surface area (Å²) in [6.45, 7) is 2.48. The third-order valence-electron chi connectivity index (χ3n) is 3.86. The molecule has 6 heteroatoms. The normalized spacial score (nSPS) is 22.1. The molecule has 0 radical (unpaired) electrons. The van der Waals surface area contributed by atoms with Gasteiger partial charge in [0.2, 0.25) is 0 Å². The van der Waals surface area contributed by atoms with Crippen LogP contribution in [0.25, 0.3) is 0 Å². The SMILES string of the molecule is CCC(=O)c1c(Cl)cccc1N1CCCC(O)(C(N)=O)C1. The van der Waals surface area contributed by atoms with Gasteiger partial charge in [-0.3, -0.25) is 9.59 Å². The van der Waals surface area contributed by atoms with Gasteiger partial charge in [-0.15, -0.1) is 0 Å². The van der Waals surface area contributed by atoms with Crippen LogP contribution < -0.4 is 10.6 Å². The van der Waals surface area contributed by atoms with Gasteiger partial charge in [-0.2, -0.15) is 0 Å². The molecule has 1 amide bonds. The number of β-amino-alcohol motifs (C(OH)–C–C–N with tert-alkyl or cyclic N) is 1. The Kier molecular flexibility index (Phi) is 4.54. The number of anilines is 1. The highest BCUT2D eigenvalue weighted by Crippen LogP contribution is 2.32. The van der Waals surface area contributed by atoms with Gasteiger partial charge in [0.05, 0.1) is 17.1 Å². The number of amides is 1. The number of carbonyl (C=O) groups is 2. The Bertz CT molecular complexity index is 576. The van der Waals surface area contributed by atoms with Crippen LogP contribution in [0.4, 0.5) is 5.69 Å². The Morgan fingerprint density at radius 3 is 2.81 bits per heavy atom. The first kappa shape index (κ1) is 15.8. The Labute approximate surface area is 128 Å². The third-order valence-corrected chi connectivity index (χ3v) is 4.18. The first-order valence-electron chi connectivity index (χ1n) is 6.98. The van der Waals surface area contributed by atoms with Gasteiger partial charge in [0.1, 0.15) is 0 Å². The third kappa shape index (κ3) is 3.04. The van der Waals surface area contributed by atoms with Crippen LogP contribution in [0.5, 0.6) is 0 Å². The number of Topliss-reactive ketones (excluding diaryl/α,β-unsaturated/α-hetero) is 1. The van der Waals surface area contributed by atoms with Crippen LogP contribution in [0.3, 0.4) is 0 Å². The van der Waals surface area contributed by atoms with Crippen molar-refractivity contribution in [2.45, 2.75) is 31.8 Å². The van der Waals surface area contributed by atoms with Gasteiger partial charge < -0.3 is 15.7 Å². The molecule has 21 heavy (non-hydrogen) atoms. The summed E-state index contributed by atoms with van der Waals surface area (Å²) in [5, 5.41) is 10.7. The van der Waals surface area contributed by atoms with Gasteiger partial charge in [-0.25, -0.2) is 0 Å². The molecule has 3 N–H and O–H groups in total. The molecule has 5 nitrogen and oxygen atoms in total. The number of nitrogens with zero attached hydrogens (tertiary/aromatic N) is 1. The van der Waals surface area contributed by atoms with Crippen LogP contribution in [0.2, 0.25) is 5.02 Å². The number of piperidine rings is 1. The molecule has 1 aromatic carbocycles. The molecular formula is C15H19ClN2O3. The molecule has 1 unspecified atom stereocenters. The maximum Gasteiger partial charge on any atom is 0.251 e. The summed E-state index contributed by atoms with van der Waals surface area (Å²) in [6, 6.07) is 5.20. The van der Waals surface area contributed by atoms with Crippen molar-refractivity contribution in [1.82, 2.24) is 0 Å². The summed E-state index contributed by atoms with van der Waals surface area (Å²) in [5.74, 6) is -0.804. The Morgan fingerprint density at radius 2 is 2.19 bits per heavy atom. The van der Waals surface area contributed by atoms with Crippen molar-refractivity contribution in [1.29, 1.82) is 0 Å². The van der Waals surface area contributed by atoms with Gasteiger partial charge in [0.15, 0.2) is 11.4 Å². The molecule has 114 valence electrons. The number of rotatable bonds is 4. The minimum Gasteiger partial charge on any atom is -0.378 e. The van der Waals surface area contributed by atoms with E-state index in [1.165, 1.54) is 0 Å². The number of primary amides is 1. The van der Waals surface area contributed by atoms with E-state index in [0.29, 0.717) is 42.1 Å². The second-order valence-electron chi connectivity index (χ2n) is 5.33. The van der Waals surface area contributed by atoms with Gasteiger partial charge in [0, 0.05) is 18.7 Å². The van der Waals surface area contributed by atoms with E-state index < -0.39 is 11.5 Å². The number of halogens is 1. The smallest absolute Gasteiger partial charge is 0.251 e. The number of aliphatic hydroxyl groups is 1. The topological polar surface area (TPSA) is 83.6 Å². The van der Waals surface area contributed by atoms with Crippen molar-refractivity contribution < 1.29 is 14.7 Å². The number of ketones is 1. The lowest BCUT2D eigenvalue weighted by Crippen LogP contribution is -2.56. The average Bonchev–Trinajstić information content (AvgIpc) is 2.46. The molecule has 0 saturated carbocycles. The standard InChI is InChI=1S/C15H19ClN2O3/c1-2-12(19)13-10(16)5-3-6-11(13)18-8-4-7-15(21,9-18)14(17)20/h3,5-6,21H,2,4,7-9H2,1H3,(H2,17,20). The van der Waals surface area contributed by atoms with Crippen molar-refractivity contribution in [3.63, 3.8) is 0 Å². The zero-order chi connectivity index (χ0) is 15.6. The molecule has 1 atom stereocenters. The minimum atomic E-state index is -1.56. The largest absolute Gasteiger partial charge is 0.378 e. The number of benzene rings is 1. The minimum absolute atomic E-state index is 0.0659. The zero-order valence-electron chi connectivity index (χ0n) is 11.9. The molecule has 0 bridgehead atoms. The molecule has 2 rings (SSSR count). The molecule has 0 aromatic heterocycles. The van der Waals surface area contributed by atoms with Crippen molar-refractivity contribution >= 4 is 29.0 Å². The Hall–Kier alpha value is -1.59. The second kappa shape index (κ2) is 6.03. The summed E-state index contributed by atoms with van der Waals surface area (Å²) in [6.07, 6.45) is 1.28. The Balaban J connectivity index is 2.40. The van der Waals surface area contributed by atoms with Crippen molar-refractivity contribution in [3.05, 3.63) is 28.8 Å². The van der Waals surface area contributed by atoms with Crippen molar-refractivity contribution in [3.8, 4) is 0 Å². The van der Waals surface area contributed by atoms with Crippen molar-refractivity contribution in [2.75, 3.05) is 18.0 Å². The summed E-state index contributed by atoms with van der Waals surface area (Å²) < 4.78 is 0. The summed E-state index contributed by atoms with van der Waals surface area (Å²) in [4.78, 5) is 25.4. The van der Waals surface area contributed by atoms with Gasteiger partial charge in [-0.05, 0) is 25.0 Å². The van der Waals surface area contributed by atoms with E-state index in [1.807, 2.05) is 4.90 Å². The van der Waals surface area contributed by atoms with E-state index in [9.17, 15) is 14.7 Å². The van der Waals surface area contributed by atoms with E-state index in [0.717, 1.165) is 0 Å². The maximum atomic E-state index is 12.1. The van der Waals surface area contributed by atoms with E-state index in [-0.39, 0.29) is 12.3 Å². The highest BCUT2D eigenvalue weighted by atomic mass is 35.5. The fraction of sp³-hybridized carbons (Fsp3) is 0.467. The fourth-order valence-corrected chi connectivity index (χ4v) is 2.95. The highest BCUT2D eigenvalue weighted by molar-refractivity contribution is 6.34. The predicted octanol–water partition coefficient (Wildman–Crippen LogP) is 1.75. The molecule has 0 aliphatic carbocycles. The monoisotopic (exact) mass is 310 g/mol. The average molecular weight is 311 g/mol. The van der Waals surface area contributed by atoms with E-state index in [2.05, 4.69) is 0 Å². The first-order chi connectivity index (χ1) is 9.89. The van der Waals surface area contributed by atoms with E-state index >= 15 is 0 Å². The quantitative estimate of drug-likeness (QED) is 0.830. The first-order valence-corrected chi connectivity index (χ1v) is 7.36. The van der Waals surface area contributed by atoms with Crippen molar-refractivity contribution in [2.24, 2.45) is 5.73 Å². The summed E-state index contributed by atoms with van der Waals surface area (Å²) in [5.41, 5.74) is 4.81. The van der Waals surface area contributed by atoms with Crippen LogP contribution in [0.15, 0.2) is 18.2 Å². The van der Waals surface area contributed by atoms with E-state index in [1.54, 1.807) is 25.1 Å². The van der Waals surface area contributed by atoms with Crippen LogP contribution in [-0.2, 0) is 4.79 Å². The molecule has 1 aromatic rings. The number of nitrogens with two attached hydrogens (primary N) is 1. The molecule has 1 aliphatic heterocycles. The highest BCUT2D eigenvalue weighted by Gasteiger charge is 2.39. The molecule has 1 heterocycles. The van der Waals surface area contributed by atoms with Crippen LogP contribution >= 0.6 is 11.6 Å². The number of carbonyl (C=O) groups excluding carboxylic acids is 2. The molecule has 1 fully saturated rings. The van der Waals surface area contributed by atoms with Crippen LogP contribution in [0.1, 0.15) is 36.5 Å². The van der Waals surface area contributed by atoms with E-state index in [4.69, 9.17) is 17.3 Å². The Morgan fingerprint density at radius 1 is 1.48 bits per heavy atom. The number of hydrogen-bond donors (Lipinski definition) is 2. The lowest BCUT2D eigenvalue weighted by molar-refractivity contribution is -0.137. The molecule has 0 spiro atoms. The lowest BCUT2D eigenvalue weighted by Gasteiger charge is -2.39. The predicted molar refractivity (Wildman–Crippen MR) is 81.7 cm³/mol. The lowest BCUT2D eigenvalue weighted by atomic mass is 9.91. The van der Waals surface area contributed by atoms with Gasteiger partial charge >= 0.3 is 0 Å². The van der Waals surface area contributed by atoms with Gasteiger partial charge in [0.25, 0.3) is 5.91 Å². The molecule has 1 aliphatic rings. The van der Waals surface area contributed by atoms with Crippen LogP contribution in [0, 0.1) is 0 Å². The summed E-state index contributed by atoms with van der Waals surface area (Å²) >= 11 is 6.15. The van der Waals surface area contributed by atoms with Gasteiger partial charge in [-0.1, -0.05) is 24.6 Å². The molecule has 1 saturated heterocycles. The fourth-order valence-electron chi connectivity index (χ4n) is 2.67. The second-order valence-corrected chi connectivity index (χ2v) is 5.74. The zero-order valence-corrected chi connectivity index (χ0v) is 12.7. The van der Waals surface area contributed by atoms with Crippen LogP contribution in [-0.4, -0.2) is 35.5 Å².